The fraction of sp³-hybridized carbons (Fsp3) is 0.0714. The lowest BCUT2D eigenvalue weighted by molar-refractivity contribution is -0.146. The molecule has 0 aliphatic carbocycles. The van der Waals surface area contributed by atoms with Crippen molar-refractivity contribution in [3.05, 3.63) is 56.0 Å². The van der Waals surface area contributed by atoms with E-state index in [0.717, 1.165) is 0 Å². The van der Waals surface area contributed by atoms with Gasteiger partial charge in [-0.25, -0.2) is 4.79 Å². The van der Waals surface area contributed by atoms with Crippen LogP contribution >= 0.6 is 46.4 Å². The number of rotatable bonds is 3. The molecule has 0 amide bonds. The summed E-state index contributed by atoms with van der Waals surface area (Å²) in [5.41, 5.74) is 1.03. The Kier molecular flexibility index (Phi) is 5.02. The summed E-state index contributed by atoms with van der Waals surface area (Å²) >= 11 is 24.1. The van der Waals surface area contributed by atoms with Gasteiger partial charge in [-0.3, -0.25) is 0 Å². The van der Waals surface area contributed by atoms with Crippen molar-refractivity contribution in [3.8, 4) is 11.1 Å². The minimum Gasteiger partial charge on any atom is -0.479 e. The predicted octanol–water partition coefficient (Wildman–Crippen LogP) is 5.09. The van der Waals surface area contributed by atoms with E-state index in [2.05, 4.69) is 0 Å². The van der Waals surface area contributed by atoms with Gasteiger partial charge in [0.1, 0.15) is 0 Å². The number of aliphatic hydroxyl groups excluding tert-OH is 1. The van der Waals surface area contributed by atoms with Gasteiger partial charge in [-0.05, 0) is 12.1 Å². The minimum atomic E-state index is -1.72. The Hall–Kier alpha value is -0.970. The molecule has 0 saturated heterocycles. The fourth-order valence-electron chi connectivity index (χ4n) is 1.83. The average Bonchev–Trinajstić information content (AvgIpc) is 2.42. The maximum absolute atomic E-state index is 10.9. The van der Waals surface area contributed by atoms with E-state index in [1.165, 1.54) is 18.2 Å². The predicted molar refractivity (Wildman–Crippen MR) is 84.5 cm³/mol. The first-order valence-corrected chi connectivity index (χ1v) is 7.18. The summed E-state index contributed by atoms with van der Waals surface area (Å²) in [7, 11) is 0. The summed E-state index contributed by atoms with van der Waals surface area (Å²) in [6, 6.07) is 7.64. The third-order valence-corrected chi connectivity index (χ3v) is 4.31. The highest BCUT2D eigenvalue weighted by molar-refractivity contribution is 6.44. The normalized spacial score (nSPS) is 12.2. The highest BCUT2D eigenvalue weighted by Gasteiger charge is 2.22. The quantitative estimate of drug-likeness (QED) is 0.745. The zero-order valence-electron chi connectivity index (χ0n) is 10.3. The molecule has 110 valence electrons. The number of aliphatic carboxylic acids is 1. The molecule has 2 aromatic rings. The number of hydrogen-bond acceptors (Lipinski definition) is 2. The lowest BCUT2D eigenvalue weighted by atomic mass is 10.00. The van der Waals surface area contributed by atoms with Crippen molar-refractivity contribution < 1.29 is 15.0 Å². The summed E-state index contributed by atoms with van der Waals surface area (Å²) in [5, 5.41) is 19.5. The van der Waals surface area contributed by atoms with E-state index >= 15 is 0 Å². The molecular formula is C14H8Cl4O3. The Labute approximate surface area is 140 Å². The molecule has 0 aromatic heterocycles. The molecular weight excluding hydrogens is 358 g/mol. The van der Waals surface area contributed by atoms with Crippen molar-refractivity contribution in [1.82, 2.24) is 0 Å². The minimum absolute atomic E-state index is 0.0730. The average molecular weight is 366 g/mol. The maximum Gasteiger partial charge on any atom is 0.337 e. The molecule has 0 aliphatic heterocycles. The van der Waals surface area contributed by atoms with Crippen molar-refractivity contribution in [2.45, 2.75) is 6.10 Å². The summed E-state index contributed by atoms with van der Waals surface area (Å²) in [6.07, 6.45) is -1.72. The molecule has 0 heterocycles. The van der Waals surface area contributed by atoms with E-state index in [-0.39, 0.29) is 15.6 Å². The van der Waals surface area contributed by atoms with Gasteiger partial charge in [0, 0.05) is 16.7 Å². The van der Waals surface area contributed by atoms with Gasteiger partial charge < -0.3 is 10.2 Å². The summed E-state index contributed by atoms with van der Waals surface area (Å²) in [4.78, 5) is 10.9. The number of aliphatic hydroxyl groups is 1. The zero-order valence-corrected chi connectivity index (χ0v) is 13.3. The van der Waals surface area contributed by atoms with Crippen molar-refractivity contribution in [1.29, 1.82) is 0 Å². The van der Waals surface area contributed by atoms with E-state index in [0.29, 0.717) is 21.2 Å². The van der Waals surface area contributed by atoms with Gasteiger partial charge in [-0.1, -0.05) is 64.6 Å². The lowest BCUT2D eigenvalue weighted by Crippen LogP contribution is -2.11. The number of benzene rings is 2. The van der Waals surface area contributed by atoms with Crippen LogP contribution in [-0.2, 0) is 4.79 Å². The largest absolute Gasteiger partial charge is 0.479 e. The van der Waals surface area contributed by atoms with Crippen LogP contribution in [0.15, 0.2) is 30.3 Å². The maximum atomic E-state index is 10.9. The molecule has 2 rings (SSSR count). The first-order chi connectivity index (χ1) is 9.82. The fourth-order valence-corrected chi connectivity index (χ4v) is 2.81. The van der Waals surface area contributed by atoms with Gasteiger partial charge in [0.25, 0.3) is 0 Å². The second-order valence-corrected chi connectivity index (χ2v) is 5.80. The van der Waals surface area contributed by atoms with Crippen LogP contribution in [0.3, 0.4) is 0 Å². The number of carboxylic acids is 1. The molecule has 1 unspecified atom stereocenters. The van der Waals surface area contributed by atoms with Gasteiger partial charge >= 0.3 is 5.97 Å². The monoisotopic (exact) mass is 364 g/mol. The van der Waals surface area contributed by atoms with Crippen LogP contribution in [0.25, 0.3) is 11.1 Å². The Bertz CT molecular complexity index is 716. The van der Waals surface area contributed by atoms with Gasteiger partial charge in [0.15, 0.2) is 6.10 Å². The van der Waals surface area contributed by atoms with Crippen LogP contribution < -0.4 is 0 Å². The van der Waals surface area contributed by atoms with Crippen molar-refractivity contribution >= 4 is 52.4 Å². The van der Waals surface area contributed by atoms with E-state index in [1.807, 2.05) is 0 Å². The molecule has 1 atom stereocenters. The van der Waals surface area contributed by atoms with Gasteiger partial charge in [0.2, 0.25) is 0 Å². The van der Waals surface area contributed by atoms with Gasteiger partial charge in [-0.2, -0.15) is 0 Å². The van der Waals surface area contributed by atoms with Crippen LogP contribution in [-0.4, -0.2) is 16.2 Å². The smallest absolute Gasteiger partial charge is 0.337 e. The van der Waals surface area contributed by atoms with Crippen molar-refractivity contribution in [3.63, 3.8) is 0 Å². The summed E-state index contributed by atoms with van der Waals surface area (Å²) in [6.45, 7) is 0. The molecule has 7 heteroatoms. The zero-order chi connectivity index (χ0) is 15.7. The molecule has 0 saturated carbocycles. The van der Waals surface area contributed by atoms with Crippen molar-refractivity contribution in [2.75, 3.05) is 0 Å². The summed E-state index contributed by atoms with van der Waals surface area (Å²) in [5.74, 6) is -1.39. The number of carbonyl (C=O) groups is 1. The number of hydrogen-bond donors (Lipinski definition) is 2. The first-order valence-electron chi connectivity index (χ1n) is 5.67. The van der Waals surface area contributed by atoms with Gasteiger partial charge in [0.05, 0.1) is 20.1 Å². The third-order valence-electron chi connectivity index (χ3n) is 2.86. The molecule has 0 spiro atoms. The highest BCUT2D eigenvalue weighted by Crippen LogP contribution is 2.40. The van der Waals surface area contributed by atoms with Crippen LogP contribution in [0.5, 0.6) is 0 Å². The standard InChI is InChI=1S/C14H8Cl4O3/c15-9-5-11(17)10(16)4-8(9)6-2-1-3-7(12(6)18)13(19)14(20)21/h1-5,13,19H,(H,20,21). The SMILES string of the molecule is O=C(O)C(O)c1cccc(-c2cc(Cl)c(Cl)cc2Cl)c1Cl. The van der Waals surface area contributed by atoms with E-state index in [4.69, 9.17) is 51.5 Å². The first kappa shape index (κ1) is 16.4. The second-order valence-electron chi connectivity index (χ2n) is 4.20. The van der Waals surface area contributed by atoms with Crippen LogP contribution in [0.1, 0.15) is 11.7 Å². The Morgan fingerprint density at radius 3 is 2.19 bits per heavy atom. The van der Waals surface area contributed by atoms with Crippen LogP contribution in [0, 0.1) is 0 Å². The molecule has 0 aliphatic rings. The molecule has 0 fully saturated rings. The lowest BCUT2D eigenvalue weighted by Gasteiger charge is -2.14. The Morgan fingerprint density at radius 1 is 0.952 bits per heavy atom. The highest BCUT2D eigenvalue weighted by atomic mass is 35.5. The van der Waals surface area contributed by atoms with Crippen LogP contribution in [0.2, 0.25) is 20.1 Å². The Balaban J connectivity index is 2.63. The van der Waals surface area contributed by atoms with E-state index < -0.39 is 12.1 Å². The number of carboxylic acid groups (broad SMARTS) is 1. The molecule has 2 aromatic carbocycles. The molecule has 3 nitrogen and oxygen atoms in total. The molecule has 2 N–H and O–H groups in total. The molecule has 21 heavy (non-hydrogen) atoms. The van der Waals surface area contributed by atoms with E-state index in [9.17, 15) is 9.90 Å². The summed E-state index contributed by atoms with van der Waals surface area (Å²) < 4.78 is 0. The van der Waals surface area contributed by atoms with Crippen LogP contribution in [0.4, 0.5) is 0 Å². The second kappa shape index (κ2) is 6.42. The topological polar surface area (TPSA) is 57.5 Å². The molecule has 0 radical (unpaired) electrons. The number of halogens is 4. The van der Waals surface area contributed by atoms with E-state index in [1.54, 1.807) is 12.1 Å². The third kappa shape index (κ3) is 3.28. The Morgan fingerprint density at radius 2 is 1.57 bits per heavy atom. The molecule has 0 bridgehead atoms. The van der Waals surface area contributed by atoms with Crippen molar-refractivity contribution in [2.24, 2.45) is 0 Å². The van der Waals surface area contributed by atoms with Gasteiger partial charge in [-0.15, -0.1) is 0 Å².